The monoisotopic (exact) mass is 460 g/mol. The van der Waals surface area contributed by atoms with Crippen LogP contribution in [0.5, 0.6) is 0 Å². The highest BCUT2D eigenvalue weighted by molar-refractivity contribution is 7.99. The van der Waals surface area contributed by atoms with Crippen molar-refractivity contribution in [2.45, 2.75) is 25.5 Å². The molecule has 3 aromatic rings. The third kappa shape index (κ3) is 4.78. The smallest absolute Gasteiger partial charge is 0.234 e. The average Bonchev–Trinajstić information content (AvgIpc) is 3.23. The summed E-state index contributed by atoms with van der Waals surface area (Å²) >= 11 is 21.0. The fourth-order valence-corrected chi connectivity index (χ4v) is 4.47. The molecule has 0 spiro atoms. The van der Waals surface area contributed by atoms with E-state index in [0.717, 1.165) is 11.4 Å². The first-order valence-electron chi connectivity index (χ1n) is 7.95. The Morgan fingerprint density at radius 2 is 1.93 bits per heavy atom. The van der Waals surface area contributed by atoms with E-state index in [0.29, 0.717) is 32.5 Å². The number of aryl methyl sites for hydroxylation is 1. The molecule has 5 nitrogen and oxygen atoms in total. The number of halogens is 3. The maximum absolute atomic E-state index is 12.3. The average molecular weight is 462 g/mol. The molecule has 2 aromatic heterocycles. The van der Waals surface area contributed by atoms with Gasteiger partial charge in [-0.25, -0.2) is 0 Å². The number of rotatable bonds is 6. The molecule has 142 valence electrons. The first-order valence-corrected chi connectivity index (χ1v) is 10.9. The van der Waals surface area contributed by atoms with Crippen LogP contribution in [0, 0.1) is 6.92 Å². The summed E-state index contributed by atoms with van der Waals surface area (Å²) in [5.74, 6) is 0.744. The molecule has 0 atom stereocenters. The number of aromatic nitrogens is 3. The third-order valence-electron chi connectivity index (χ3n) is 3.64. The van der Waals surface area contributed by atoms with E-state index in [2.05, 4.69) is 33.9 Å². The summed E-state index contributed by atoms with van der Waals surface area (Å²) in [6.07, 6.45) is 0. The van der Waals surface area contributed by atoms with Gasteiger partial charge in [-0.3, -0.25) is 4.79 Å². The first kappa shape index (κ1) is 20.5. The van der Waals surface area contributed by atoms with Crippen molar-refractivity contribution in [3.8, 4) is 11.4 Å². The molecule has 0 aliphatic rings. The van der Waals surface area contributed by atoms with Crippen molar-refractivity contribution < 1.29 is 4.79 Å². The predicted octanol–water partition coefficient (Wildman–Crippen LogP) is 6.03. The minimum Gasteiger partial charge on any atom is -0.324 e. The molecule has 27 heavy (non-hydrogen) atoms. The van der Waals surface area contributed by atoms with Crippen LogP contribution in [-0.4, -0.2) is 26.4 Å². The zero-order chi connectivity index (χ0) is 19.6. The minimum atomic E-state index is -0.223. The number of hydrogen-bond donors (Lipinski definition) is 1. The summed E-state index contributed by atoms with van der Waals surface area (Å²) in [7, 11) is 0. The molecule has 10 heteroatoms. The standard InChI is InChI=1S/C17H15Cl3N4OS2/c1-3-24-16(10-4-9(2)26-7-10)22-23-17(24)27-8-15(25)21-14-6-12(19)11(18)5-13(14)20/h4-7H,3,8H2,1-2H3,(H,21,25). The van der Waals surface area contributed by atoms with E-state index in [9.17, 15) is 4.79 Å². The summed E-state index contributed by atoms with van der Waals surface area (Å²) in [5.41, 5.74) is 1.45. The SMILES string of the molecule is CCn1c(SCC(=O)Nc2cc(Cl)c(Cl)cc2Cl)nnc1-c1csc(C)c1. The molecule has 0 saturated carbocycles. The Hall–Kier alpha value is -1.25. The van der Waals surface area contributed by atoms with Crippen molar-refractivity contribution in [2.75, 3.05) is 11.1 Å². The van der Waals surface area contributed by atoms with Gasteiger partial charge in [0.2, 0.25) is 5.91 Å². The summed E-state index contributed by atoms with van der Waals surface area (Å²) < 4.78 is 1.99. The summed E-state index contributed by atoms with van der Waals surface area (Å²) in [4.78, 5) is 13.5. The molecule has 0 fully saturated rings. The van der Waals surface area contributed by atoms with Crippen molar-refractivity contribution in [3.63, 3.8) is 0 Å². The number of thioether (sulfide) groups is 1. The van der Waals surface area contributed by atoms with Gasteiger partial charge >= 0.3 is 0 Å². The molecule has 1 N–H and O–H groups in total. The number of carbonyl (C=O) groups is 1. The summed E-state index contributed by atoms with van der Waals surface area (Å²) in [5, 5.41) is 15.0. The molecule has 1 aromatic carbocycles. The molecule has 0 saturated heterocycles. The Kier molecular flexibility index (Phi) is 6.70. The predicted molar refractivity (Wildman–Crippen MR) is 115 cm³/mol. The number of thiophene rings is 1. The zero-order valence-electron chi connectivity index (χ0n) is 14.4. The van der Waals surface area contributed by atoms with E-state index < -0.39 is 0 Å². The number of amides is 1. The Bertz CT molecular complexity index is 987. The highest BCUT2D eigenvalue weighted by Crippen LogP contribution is 2.32. The minimum absolute atomic E-state index is 0.164. The third-order valence-corrected chi connectivity index (χ3v) is 6.50. The molecule has 0 aliphatic heterocycles. The van der Waals surface area contributed by atoms with E-state index in [1.54, 1.807) is 11.3 Å². The van der Waals surface area contributed by atoms with Crippen molar-refractivity contribution >= 4 is 69.5 Å². The van der Waals surface area contributed by atoms with Crippen LogP contribution in [0.2, 0.25) is 15.1 Å². The molecule has 0 radical (unpaired) electrons. The fourth-order valence-electron chi connectivity index (χ4n) is 2.39. The largest absolute Gasteiger partial charge is 0.324 e. The molecule has 1 amide bonds. The molecule has 0 bridgehead atoms. The van der Waals surface area contributed by atoms with Gasteiger partial charge < -0.3 is 9.88 Å². The number of hydrogen-bond acceptors (Lipinski definition) is 5. The van der Waals surface area contributed by atoms with Crippen molar-refractivity contribution in [1.29, 1.82) is 0 Å². The van der Waals surface area contributed by atoms with E-state index in [-0.39, 0.29) is 11.7 Å². The molecule has 0 unspecified atom stereocenters. The van der Waals surface area contributed by atoms with Gasteiger partial charge in [-0.2, -0.15) is 0 Å². The molecule has 2 heterocycles. The van der Waals surface area contributed by atoms with Crippen molar-refractivity contribution in [1.82, 2.24) is 14.8 Å². The van der Waals surface area contributed by atoms with Crippen LogP contribution < -0.4 is 5.32 Å². The van der Waals surface area contributed by atoms with Crippen LogP contribution in [-0.2, 0) is 11.3 Å². The number of nitrogens with one attached hydrogen (secondary N) is 1. The van der Waals surface area contributed by atoms with Crippen LogP contribution in [0.25, 0.3) is 11.4 Å². The molecule has 0 aliphatic carbocycles. The lowest BCUT2D eigenvalue weighted by atomic mass is 10.3. The van der Waals surface area contributed by atoms with Gasteiger partial charge in [0.15, 0.2) is 11.0 Å². The lowest BCUT2D eigenvalue weighted by molar-refractivity contribution is -0.113. The number of nitrogens with zero attached hydrogens (tertiary/aromatic N) is 3. The lowest BCUT2D eigenvalue weighted by Crippen LogP contribution is -2.15. The van der Waals surface area contributed by atoms with Crippen molar-refractivity contribution in [2.24, 2.45) is 0 Å². The maximum atomic E-state index is 12.3. The Morgan fingerprint density at radius 1 is 1.19 bits per heavy atom. The topological polar surface area (TPSA) is 59.8 Å². The van der Waals surface area contributed by atoms with Crippen molar-refractivity contribution in [3.05, 3.63) is 43.5 Å². The van der Waals surface area contributed by atoms with Crippen LogP contribution in [0.1, 0.15) is 11.8 Å². The van der Waals surface area contributed by atoms with Crippen LogP contribution in [0.3, 0.4) is 0 Å². The van der Waals surface area contributed by atoms with Gasteiger partial charge in [0, 0.05) is 22.4 Å². The fraction of sp³-hybridized carbons (Fsp3) is 0.235. The number of carbonyl (C=O) groups excluding carboxylic acids is 1. The summed E-state index contributed by atoms with van der Waals surface area (Å²) in [6.45, 7) is 4.78. The van der Waals surface area contributed by atoms with Gasteiger partial charge in [-0.1, -0.05) is 46.6 Å². The summed E-state index contributed by atoms with van der Waals surface area (Å²) in [6, 6.07) is 5.10. The second-order valence-corrected chi connectivity index (χ2v) is 8.86. The Labute approximate surface area is 180 Å². The van der Waals surface area contributed by atoms with E-state index in [1.807, 2.05) is 11.5 Å². The quantitative estimate of drug-likeness (QED) is 0.360. The lowest BCUT2D eigenvalue weighted by Gasteiger charge is -2.09. The van der Waals surface area contributed by atoms with E-state index in [4.69, 9.17) is 34.8 Å². The van der Waals surface area contributed by atoms with Gasteiger partial charge in [-0.15, -0.1) is 21.5 Å². The highest BCUT2D eigenvalue weighted by atomic mass is 35.5. The van der Waals surface area contributed by atoms with E-state index in [1.165, 1.54) is 28.8 Å². The maximum Gasteiger partial charge on any atom is 0.234 e. The van der Waals surface area contributed by atoms with Crippen LogP contribution in [0.15, 0.2) is 28.7 Å². The van der Waals surface area contributed by atoms with Gasteiger partial charge in [0.25, 0.3) is 0 Å². The Balaban J connectivity index is 1.69. The Morgan fingerprint density at radius 3 is 2.59 bits per heavy atom. The van der Waals surface area contributed by atoms with E-state index >= 15 is 0 Å². The van der Waals surface area contributed by atoms with Crippen LogP contribution >= 0.6 is 57.9 Å². The molecular weight excluding hydrogens is 447 g/mol. The second-order valence-electron chi connectivity index (χ2n) is 5.58. The van der Waals surface area contributed by atoms with Gasteiger partial charge in [0.1, 0.15) is 0 Å². The first-order chi connectivity index (χ1) is 12.9. The second kappa shape index (κ2) is 8.84. The zero-order valence-corrected chi connectivity index (χ0v) is 18.3. The number of anilines is 1. The normalized spacial score (nSPS) is 11.0. The highest BCUT2D eigenvalue weighted by Gasteiger charge is 2.16. The van der Waals surface area contributed by atoms with Crippen LogP contribution in [0.4, 0.5) is 5.69 Å². The molecular formula is C17H15Cl3N4OS2. The number of benzene rings is 1. The van der Waals surface area contributed by atoms with Gasteiger partial charge in [-0.05, 0) is 32.0 Å². The molecule has 3 rings (SSSR count). The van der Waals surface area contributed by atoms with Gasteiger partial charge in [0.05, 0.1) is 26.5 Å².